The molecule has 3 heterocycles. The van der Waals surface area contributed by atoms with Gasteiger partial charge in [-0.05, 0) is 0 Å². The predicted octanol–water partition coefficient (Wildman–Crippen LogP) is -0.365. The minimum Gasteiger partial charge on any atom is -0.378 e. The van der Waals surface area contributed by atoms with E-state index in [9.17, 15) is 0 Å². The standard InChI is InChI=1S/C10H16N4O2/c1-14-12-6-8(13-14)9-10(2-4-15-7-10)16-5-3-11-9/h6,9,11H,2-5,7H2,1H3. The van der Waals surface area contributed by atoms with Crippen LogP contribution in [-0.4, -0.2) is 47.0 Å². The molecule has 6 heteroatoms. The van der Waals surface area contributed by atoms with Gasteiger partial charge < -0.3 is 14.8 Å². The Morgan fingerprint density at radius 3 is 3.19 bits per heavy atom. The Kier molecular flexibility index (Phi) is 2.42. The maximum Gasteiger partial charge on any atom is 0.115 e. The molecule has 3 rings (SSSR count). The summed E-state index contributed by atoms with van der Waals surface area (Å²) in [4.78, 5) is 1.58. The summed E-state index contributed by atoms with van der Waals surface area (Å²) in [6.45, 7) is 2.99. The van der Waals surface area contributed by atoms with Gasteiger partial charge in [0.2, 0.25) is 0 Å². The molecule has 2 aliphatic rings. The average Bonchev–Trinajstić information content (AvgIpc) is 2.90. The van der Waals surface area contributed by atoms with Crippen molar-refractivity contribution in [1.82, 2.24) is 20.3 Å². The minimum atomic E-state index is -0.242. The number of hydrogen-bond acceptors (Lipinski definition) is 5. The maximum absolute atomic E-state index is 5.94. The maximum atomic E-state index is 5.94. The summed E-state index contributed by atoms with van der Waals surface area (Å²) in [5, 5.41) is 11.9. The Morgan fingerprint density at radius 1 is 1.56 bits per heavy atom. The van der Waals surface area contributed by atoms with Gasteiger partial charge in [0.25, 0.3) is 0 Å². The zero-order valence-electron chi connectivity index (χ0n) is 9.35. The van der Waals surface area contributed by atoms with Gasteiger partial charge >= 0.3 is 0 Å². The van der Waals surface area contributed by atoms with E-state index in [1.54, 1.807) is 11.0 Å². The summed E-state index contributed by atoms with van der Waals surface area (Å²) < 4.78 is 11.4. The molecule has 1 N–H and O–H groups in total. The van der Waals surface area contributed by atoms with Crippen LogP contribution < -0.4 is 5.32 Å². The molecule has 2 atom stereocenters. The summed E-state index contributed by atoms with van der Waals surface area (Å²) in [7, 11) is 1.82. The number of nitrogens with one attached hydrogen (secondary N) is 1. The highest BCUT2D eigenvalue weighted by Gasteiger charge is 2.47. The number of aryl methyl sites for hydroxylation is 1. The summed E-state index contributed by atoms with van der Waals surface area (Å²) in [6, 6.07) is 0.0949. The van der Waals surface area contributed by atoms with Crippen molar-refractivity contribution in [3.05, 3.63) is 11.9 Å². The molecule has 16 heavy (non-hydrogen) atoms. The van der Waals surface area contributed by atoms with Crippen molar-refractivity contribution >= 4 is 0 Å². The molecule has 0 aromatic carbocycles. The van der Waals surface area contributed by atoms with Crippen LogP contribution >= 0.6 is 0 Å². The van der Waals surface area contributed by atoms with Gasteiger partial charge in [0, 0.05) is 26.6 Å². The first-order valence-corrected chi connectivity index (χ1v) is 5.61. The van der Waals surface area contributed by atoms with E-state index in [0.717, 1.165) is 31.9 Å². The van der Waals surface area contributed by atoms with Crippen LogP contribution in [0.15, 0.2) is 6.20 Å². The highest BCUT2D eigenvalue weighted by atomic mass is 16.6. The van der Waals surface area contributed by atoms with Crippen LogP contribution in [-0.2, 0) is 16.5 Å². The van der Waals surface area contributed by atoms with Crippen LogP contribution in [0.5, 0.6) is 0 Å². The van der Waals surface area contributed by atoms with E-state index in [1.807, 2.05) is 7.05 Å². The van der Waals surface area contributed by atoms with Crippen LogP contribution in [0, 0.1) is 0 Å². The van der Waals surface area contributed by atoms with Crippen LogP contribution in [0.25, 0.3) is 0 Å². The van der Waals surface area contributed by atoms with E-state index >= 15 is 0 Å². The third kappa shape index (κ3) is 1.53. The van der Waals surface area contributed by atoms with Gasteiger partial charge in [-0.3, -0.25) is 0 Å². The summed E-state index contributed by atoms with van der Waals surface area (Å²) in [6.07, 6.45) is 2.72. The Balaban J connectivity index is 1.91. The molecule has 1 spiro atoms. The van der Waals surface area contributed by atoms with Gasteiger partial charge in [-0.1, -0.05) is 0 Å². The number of rotatable bonds is 1. The molecule has 0 saturated carbocycles. The smallest absolute Gasteiger partial charge is 0.115 e. The average molecular weight is 224 g/mol. The third-order valence-corrected chi connectivity index (χ3v) is 3.30. The number of hydrogen-bond donors (Lipinski definition) is 1. The van der Waals surface area contributed by atoms with E-state index in [-0.39, 0.29) is 11.6 Å². The molecule has 6 nitrogen and oxygen atoms in total. The Bertz CT molecular complexity index is 373. The molecule has 0 bridgehead atoms. The largest absolute Gasteiger partial charge is 0.378 e. The Labute approximate surface area is 93.9 Å². The van der Waals surface area contributed by atoms with Crippen LogP contribution in [0.4, 0.5) is 0 Å². The van der Waals surface area contributed by atoms with E-state index in [2.05, 4.69) is 15.5 Å². The molecule has 2 saturated heterocycles. The number of aromatic nitrogens is 3. The zero-order valence-corrected chi connectivity index (χ0v) is 9.35. The molecule has 2 fully saturated rings. The van der Waals surface area contributed by atoms with Crippen molar-refractivity contribution in [2.75, 3.05) is 26.4 Å². The van der Waals surface area contributed by atoms with E-state index in [0.29, 0.717) is 6.61 Å². The monoisotopic (exact) mass is 224 g/mol. The Hall–Kier alpha value is -0.980. The first-order chi connectivity index (χ1) is 7.80. The van der Waals surface area contributed by atoms with Gasteiger partial charge in [-0.25, -0.2) is 0 Å². The molecule has 88 valence electrons. The lowest BCUT2D eigenvalue weighted by Crippen LogP contribution is -2.52. The lowest BCUT2D eigenvalue weighted by atomic mass is 9.89. The second kappa shape index (κ2) is 3.80. The summed E-state index contributed by atoms with van der Waals surface area (Å²) in [5.74, 6) is 0. The Morgan fingerprint density at radius 2 is 2.50 bits per heavy atom. The fourth-order valence-corrected chi connectivity index (χ4v) is 2.50. The van der Waals surface area contributed by atoms with Crippen molar-refractivity contribution in [2.45, 2.75) is 18.1 Å². The van der Waals surface area contributed by atoms with Gasteiger partial charge in [-0.15, -0.1) is 0 Å². The lowest BCUT2D eigenvalue weighted by molar-refractivity contribution is -0.0999. The lowest BCUT2D eigenvalue weighted by Gasteiger charge is -2.39. The van der Waals surface area contributed by atoms with E-state index in [1.165, 1.54) is 0 Å². The SMILES string of the molecule is Cn1ncc(C2NCCOC23CCOC3)n1. The second-order valence-electron chi connectivity index (χ2n) is 4.36. The van der Waals surface area contributed by atoms with Crippen LogP contribution in [0.3, 0.4) is 0 Å². The minimum absolute atomic E-state index is 0.0949. The predicted molar refractivity (Wildman–Crippen MR) is 55.9 cm³/mol. The van der Waals surface area contributed by atoms with Crippen molar-refractivity contribution in [1.29, 1.82) is 0 Å². The zero-order chi connectivity index (χ0) is 11.0. The van der Waals surface area contributed by atoms with Gasteiger partial charge in [0.1, 0.15) is 11.3 Å². The van der Waals surface area contributed by atoms with Gasteiger partial charge in [0.05, 0.1) is 25.5 Å². The highest BCUT2D eigenvalue weighted by Crippen LogP contribution is 2.37. The molecule has 2 aliphatic heterocycles. The molecule has 0 radical (unpaired) electrons. The highest BCUT2D eigenvalue weighted by molar-refractivity contribution is 5.12. The number of morpholine rings is 1. The molecule has 0 aliphatic carbocycles. The van der Waals surface area contributed by atoms with Crippen LogP contribution in [0.2, 0.25) is 0 Å². The fraction of sp³-hybridized carbons (Fsp3) is 0.800. The van der Waals surface area contributed by atoms with Gasteiger partial charge in [0.15, 0.2) is 0 Å². The van der Waals surface area contributed by atoms with Crippen LogP contribution in [0.1, 0.15) is 18.2 Å². The molecular weight excluding hydrogens is 208 g/mol. The summed E-state index contributed by atoms with van der Waals surface area (Å²) in [5.41, 5.74) is 0.696. The number of nitrogens with zero attached hydrogens (tertiary/aromatic N) is 3. The van der Waals surface area contributed by atoms with Crippen molar-refractivity contribution < 1.29 is 9.47 Å². The van der Waals surface area contributed by atoms with E-state index < -0.39 is 0 Å². The molecule has 1 aromatic heterocycles. The topological polar surface area (TPSA) is 61.2 Å². The van der Waals surface area contributed by atoms with Crippen molar-refractivity contribution in [3.8, 4) is 0 Å². The molecule has 0 amide bonds. The molecular formula is C10H16N4O2. The fourth-order valence-electron chi connectivity index (χ4n) is 2.50. The summed E-state index contributed by atoms with van der Waals surface area (Å²) >= 11 is 0. The third-order valence-electron chi connectivity index (χ3n) is 3.30. The normalized spacial score (nSPS) is 34.7. The molecule has 1 aromatic rings. The second-order valence-corrected chi connectivity index (χ2v) is 4.36. The quantitative estimate of drug-likeness (QED) is 0.705. The molecule has 2 unspecified atom stereocenters. The van der Waals surface area contributed by atoms with E-state index in [4.69, 9.17) is 9.47 Å². The number of ether oxygens (including phenoxy) is 2. The first-order valence-electron chi connectivity index (χ1n) is 5.61. The van der Waals surface area contributed by atoms with Crippen molar-refractivity contribution in [2.24, 2.45) is 7.05 Å². The van der Waals surface area contributed by atoms with Gasteiger partial charge in [-0.2, -0.15) is 15.0 Å². The first kappa shape index (κ1) is 10.2. The van der Waals surface area contributed by atoms with Crippen molar-refractivity contribution in [3.63, 3.8) is 0 Å².